The molecule has 0 bridgehead atoms. The van der Waals surface area contributed by atoms with Crippen molar-refractivity contribution in [3.05, 3.63) is 29.8 Å². The molecule has 1 aromatic carbocycles. The van der Waals surface area contributed by atoms with Crippen molar-refractivity contribution in [1.29, 1.82) is 0 Å². The molecule has 0 amide bonds. The van der Waals surface area contributed by atoms with E-state index in [1.807, 2.05) is 0 Å². The summed E-state index contributed by atoms with van der Waals surface area (Å²) in [5.74, 6) is 0. The Morgan fingerprint density at radius 1 is 0.882 bits per heavy atom. The lowest BCUT2D eigenvalue weighted by Crippen LogP contribution is -2.11. The molecule has 0 aromatic heterocycles. The fraction of sp³-hybridized carbons (Fsp3) is 0.625. The van der Waals surface area contributed by atoms with Crippen LogP contribution in [0.25, 0.3) is 0 Å². The van der Waals surface area contributed by atoms with Crippen molar-refractivity contribution in [1.82, 2.24) is 0 Å². The third-order valence-electron chi connectivity index (χ3n) is 3.27. The fourth-order valence-corrected chi connectivity index (χ4v) is 2.25. The predicted molar refractivity (Wildman–Crippen MR) is 77.8 cm³/mol. The van der Waals surface area contributed by atoms with Crippen LogP contribution in [0.1, 0.15) is 51.0 Å². The number of hydrogen-bond acceptors (Lipinski definition) is 1. The minimum absolute atomic E-state index is 1.22. The smallest absolute Gasteiger partial charge is 0.0393 e. The summed E-state index contributed by atoms with van der Waals surface area (Å²) < 4.78 is 0. The molecule has 0 aliphatic heterocycles. The summed E-state index contributed by atoms with van der Waals surface area (Å²) in [6.45, 7) is 2.27. The van der Waals surface area contributed by atoms with E-state index < -0.39 is 0 Å². The lowest BCUT2D eigenvalue weighted by atomic mass is 10.0. The lowest BCUT2D eigenvalue weighted by Gasteiger charge is -2.17. The van der Waals surface area contributed by atoms with Gasteiger partial charge in [-0.05, 0) is 24.5 Å². The van der Waals surface area contributed by atoms with Gasteiger partial charge in [-0.1, -0.05) is 57.2 Å². The molecule has 0 unspecified atom stereocenters. The van der Waals surface area contributed by atoms with Gasteiger partial charge in [-0.25, -0.2) is 0 Å². The van der Waals surface area contributed by atoms with Gasteiger partial charge in [0.2, 0.25) is 0 Å². The molecule has 1 aromatic rings. The Morgan fingerprint density at radius 2 is 1.53 bits per heavy atom. The average Bonchev–Trinajstić information content (AvgIpc) is 2.34. The maximum absolute atomic E-state index is 2.27. The van der Waals surface area contributed by atoms with E-state index in [-0.39, 0.29) is 0 Å². The number of benzene rings is 1. The Hall–Kier alpha value is -0.980. The van der Waals surface area contributed by atoms with Crippen LogP contribution in [0.3, 0.4) is 0 Å². The van der Waals surface area contributed by atoms with Crippen LogP contribution in [-0.4, -0.2) is 14.1 Å². The third kappa shape index (κ3) is 5.25. The van der Waals surface area contributed by atoms with Crippen LogP contribution in [-0.2, 0) is 6.42 Å². The number of hydrogen-bond donors (Lipinski definition) is 0. The summed E-state index contributed by atoms with van der Waals surface area (Å²) in [6.07, 6.45) is 9.47. The Bertz CT molecular complexity index is 304. The van der Waals surface area contributed by atoms with Crippen molar-refractivity contribution in [2.75, 3.05) is 19.0 Å². The summed E-state index contributed by atoms with van der Waals surface area (Å²) in [5.41, 5.74) is 2.87. The number of aryl methyl sites for hydroxylation is 1. The highest BCUT2D eigenvalue weighted by atomic mass is 15.1. The molecular formula is C16H27N. The molecule has 0 spiro atoms. The summed E-state index contributed by atoms with van der Waals surface area (Å²) in [7, 11) is 4.25. The quantitative estimate of drug-likeness (QED) is 0.590. The normalized spacial score (nSPS) is 10.5. The number of nitrogens with zero attached hydrogens (tertiary/aromatic N) is 1. The van der Waals surface area contributed by atoms with Gasteiger partial charge in [-0.15, -0.1) is 0 Å². The summed E-state index contributed by atoms with van der Waals surface area (Å²) in [6, 6.07) is 8.76. The van der Waals surface area contributed by atoms with Gasteiger partial charge in [-0.3, -0.25) is 0 Å². The van der Waals surface area contributed by atoms with Crippen LogP contribution in [0.2, 0.25) is 0 Å². The Balaban J connectivity index is 2.31. The zero-order valence-corrected chi connectivity index (χ0v) is 11.7. The molecule has 0 aliphatic rings. The maximum atomic E-state index is 2.27. The molecule has 1 nitrogen and oxygen atoms in total. The Morgan fingerprint density at radius 3 is 2.24 bits per heavy atom. The van der Waals surface area contributed by atoms with Crippen molar-refractivity contribution in [2.45, 2.75) is 51.9 Å². The van der Waals surface area contributed by atoms with Crippen molar-refractivity contribution < 1.29 is 0 Å². The van der Waals surface area contributed by atoms with Gasteiger partial charge >= 0.3 is 0 Å². The van der Waals surface area contributed by atoms with Gasteiger partial charge in [0, 0.05) is 19.8 Å². The Kier molecular flexibility index (Phi) is 6.76. The maximum Gasteiger partial charge on any atom is 0.0393 e. The first kappa shape index (κ1) is 14.1. The predicted octanol–water partition coefficient (Wildman–Crippen LogP) is 4.66. The molecule has 1 rings (SSSR count). The van der Waals surface area contributed by atoms with Crippen LogP contribution in [0.4, 0.5) is 5.69 Å². The molecule has 0 fully saturated rings. The second-order valence-electron chi connectivity index (χ2n) is 5.04. The number of unbranched alkanes of at least 4 members (excludes halogenated alkanes) is 5. The molecular weight excluding hydrogens is 206 g/mol. The van der Waals surface area contributed by atoms with E-state index in [9.17, 15) is 0 Å². The molecule has 0 heterocycles. The zero-order valence-electron chi connectivity index (χ0n) is 11.7. The highest BCUT2D eigenvalue weighted by Gasteiger charge is 2.02. The molecule has 17 heavy (non-hydrogen) atoms. The van der Waals surface area contributed by atoms with Crippen LogP contribution >= 0.6 is 0 Å². The molecule has 0 radical (unpaired) electrons. The van der Waals surface area contributed by atoms with Crippen LogP contribution < -0.4 is 4.90 Å². The lowest BCUT2D eigenvalue weighted by molar-refractivity contribution is 0.607. The van der Waals surface area contributed by atoms with E-state index >= 15 is 0 Å². The standard InChI is InChI=1S/C16H27N/c1-4-5-6-7-8-9-12-15-13-10-11-14-16(15)17(2)3/h10-11,13-14H,4-9,12H2,1-3H3. The topological polar surface area (TPSA) is 3.24 Å². The minimum Gasteiger partial charge on any atom is -0.377 e. The number of para-hydroxylation sites is 1. The Labute approximate surface area is 107 Å². The van der Waals surface area contributed by atoms with Crippen LogP contribution in [0, 0.1) is 0 Å². The van der Waals surface area contributed by atoms with Crippen molar-refractivity contribution in [3.8, 4) is 0 Å². The third-order valence-corrected chi connectivity index (χ3v) is 3.27. The van der Waals surface area contributed by atoms with E-state index in [0.29, 0.717) is 0 Å². The van der Waals surface area contributed by atoms with Crippen LogP contribution in [0.15, 0.2) is 24.3 Å². The molecule has 0 aliphatic carbocycles. The highest BCUT2D eigenvalue weighted by molar-refractivity contribution is 5.52. The van der Waals surface area contributed by atoms with Crippen molar-refractivity contribution in [2.24, 2.45) is 0 Å². The molecule has 0 N–H and O–H groups in total. The van der Waals surface area contributed by atoms with Gasteiger partial charge in [0.25, 0.3) is 0 Å². The van der Waals surface area contributed by atoms with Gasteiger partial charge in [0.1, 0.15) is 0 Å². The molecule has 0 saturated carbocycles. The highest BCUT2D eigenvalue weighted by Crippen LogP contribution is 2.20. The second kappa shape index (κ2) is 8.16. The van der Waals surface area contributed by atoms with E-state index in [0.717, 1.165) is 0 Å². The monoisotopic (exact) mass is 233 g/mol. The first-order chi connectivity index (χ1) is 8.25. The van der Waals surface area contributed by atoms with E-state index in [1.165, 1.54) is 56.2 Å². The first-order valence-electron chi connectivity index (χ1n) is 7.01. The second-order valence-corrected chi connectivity index (χ2v) is 5.04. The number of anilines is 1. The molecule has 96 valence electrons. The summed E-state index contributed by atoms with van der Waals surface area (Å²) in [4.78, 5) is 2.21. The van der Waals surface area contributed by atoms with Crippen molar-refractivity contribution >= 4 is 5.69 Å². The summed E-state index contributed by atoms with van der Waals surface area (Å²) in [5, 5.41) is 0. The largest absolute Gasteiger partial charge is 0.377 e. The average molecular weight is 233 g/mol. The van der Waals surface area contributed by atoms with Gasteiger partial charge in [0.15, 0.2) is 0 Å². The van der Waals surface area contributed by atoms with Gasteiger partial charge < -0.3 is 4.90 Å². The van der Waals surface area contributed by atoms with E-state index in [4.69, 9.17) is 0 Å². The SMILES string of the molecule is CCCCCCCCc1ccccc1N(C)C. The van der Waals surface area contributed by atoms with Crippen molar-refractivity contribution in [3.63, 3.8) is 0 Å². The number of rotatable bonds is 8. The zero-order chi connectivity index (χ0) is 12.5. The van der Waals surface area contributed by atoms with E-state index in [1.54, 1.807) is 0 Å². The molecule has 0 saturated heterocycles. The fourth-order valence-electron chi connectivity index (χ4n) is 2.25. The minimum atomic E-state index is 1.22. The molecule has 1 heteroatoms. The van der Waals surface area contributed by atoms with E-state index in [2.05, 4.69) is 50.2 Å². The summed E-state index contributed by atoms with van der Waals surface area (Å²) >= 11 is 0. The van der Waals surface area contributed by atoms with Crippen LogP contribution in [0.5, 0.6) is 0 Å². The molecule has 0 atom stereocenters. The first-order valence-corrected chi connectivity index (χ1v) is 7.01. The van der Waals surface area contributed by atoms with Gasteiger partial charge in [0.05, 0.1) is 0 Å². The van der Waals surface area contributed by atoms with Gasteiger partial charge in [-0.2, -0.15) is 0 Å².